The molecule has 0 saturated heterocycles. The van der Waals surface area contributed by atoms with Gasteiger partial charge in [0, 0.05) is 21.7 Å². The lowest BCUT2D eigenvalue weighted by Crippen LogP contribution is -2.23. The van der Waals surface area contributed by atoms with E-state index < -0.39 is 17.8 Å². The zero-order valence-corrected chi connectivity index (χ0v) is 23.4. The number of hydrogen-bond donors (Lipinski definition) is 1. The second kappa shape index (κ2) is 10.4. The fourth-order valence-corrected chi connectivity index (χ4v) is 5.86. The van der Waals surface area contributed by atoms with Crippen LogP contribution in [-0.4, -0.2) is 26.0 Å². The SMILES string of the molecule is CC(C)c1ccc(-c2nn(C(C)C3=C(c4cccc(F)c4)C(C=O)c4ccccc4O3)c3ncnc(N)c23)cc1Cl. The Balaban J connectivity index is 1.58. The summed E-state index contributed by atoms with van der Waals surface area (Å²) in [6, 6.07) is 18.7. The maximum Gasteiger partial charge on any atom is 0.164 e. The Morgan fingerprint density at radius 3 is 2.56 bits per heavy atom. The molecule has 3 aromatic carbocycles. The van der Waals surface area contributed by atoms with Gasteiger partial charge >= 0.3 is 0 Å². The smallest absolute Gasteiger partial charge is 0.164 e. The molecule has 0 radical (unpaired) electrons. The molecule has 1 aliphatic rings. The number of para-hydroxylation sites is 1. The van der Waals surface area contributed by atoms with Gasteiger partial charge in [0.25, 0.3) is 0 Å². The Morgan fingerprint density at radius 2 is 1.83 bits per heavy atom. The molecule has 2 unspecified atom stereocenters. The molecule has 2 N–H and O–H groups in total. The van der Waals surface area contributed by atoms with Crippen molar-refractivity contribution >= 4 is 40.3 Å². The van der Waals surface area contributed by atoms with Crippen LogP contribution in [0.4, 0.5) is 10.2 Å². The van der Waals surface area contributed by atoms with Crippen LogP contribution in [0.1, 0.15) is 55.3 Å². The summed E-state index contributed by atoms with van der Waals surface area (Å²) in [7, 11) is 0. The standard InChI is InChI=1S/C32H27ClFN5O2/c1-17(2)22-12-11-20(14-25(22)33)29-28-31(35)36-16-37-32(28)39(38-29)18(3)30-27(19-7-6-8-21(34)13-19)24(15-40)23-9-4-5-10-26(23)41-30/h4-18,24H,1-3H3,(H2,35,36,37). The topological polar surface area (TPSA) is 95.9 Å². The van der Waals surface area contributed by atoms with Crippen molar-refractivity contribution in [2.45, 2.75) is 38.6 Å². The van der Waals surface area contributed by atoms with Crippen LogP contribution < -0.4 is 10.5 Å². The number of benzene rings is 3. The number of nitrogens with zero attached hydrogens (tertiary/aromatic N) is 4. The van der Waals surface area contributed by atoms with Crippen LogP contribution in [0.15, 0.2) is 78.8 Å². The number of anilines is 1. The lowest BCUT2D eigenvalue weighted by atomic mass is 9.83. The van der Waals surface area contributed by atoms with E-state index in [1.807, 2.05) is 49.4 Å². The minimum absolute atomic E-state index is 0.254. The molecule has 0 amide bonds. The van der Waals surface area contributed by atoms with Gasteiger partial charge in [0.15, 0.2) is 5.65 Å². The van der Waals surface area contributed by atoms with E-state index in [0.717, 1.165) is 17.4 Å². The van der Waals surface area contributed by atoms with Gasteiger partial charge in [-0.15, -0.1) is 0 Å². The third-order valence-corrected chi connectivity index (χ3v) is 7.81. The molecule has 206 valence electrons. The normalized spacial score (nSPS) is 15.6. The van der Waals surface area contributed by atoms with E-state index in [9.17, 15) is 9.18 Å². The first-order chi connectivity index (χ1) is 19.8. The van der Waals surface area contributed by atoms with E-state index in [1.54, 1.807) is 16.8 Å². The number of aldehydes is 1. The number of aromatic nitrogens is 4. The van der Waals surface area contributed by atoms with Gasteiger partial charge in [-0.05, 0) is 48.2 Å². The summed E-state index contributed by atoms with van der Waals surface area (Å²) in [6.07, 6.45) is 2.24. The van der Waals surface area contributed by atoms with Gasteiger partial charge < -0.3 is 15.3 Å². The highest BCUT2D eigenvalue weighted by Crippen LogP contribution is 2.46. The maximum atomic E-state index is 14.4. The Hall–Kier alpha value is -4.56. The molecule has 0 fully saturated rings. The van der Waals surface area contributed by atoms with E-state index in [-0.39, 0.29) is 11.7 Å². The van der Waals surface area contributed by atoms with Gasteiger partial charge in [-0.2, -0.15) is 5.10 Å². The summed E-state index contributed by atoms with van der Waals surface area (Å²) in [5.41, 5.74) is 11.0. The van der Waals surface area contributed by atoms with Crippen molar-refractivity contribution in [2.75, 3.05) is 5.73 Å². The van der Waals surface area contributed by atoms with Crippen molar-refractivity contribution in [1.82, 2.24) is 19.7 Å². The number of hydrogen-bond acceptors (Lipinski definition) is 6. The van der Waals surface area contributed by atoms with Crippen molar-refractivity contribution < 1.29 is 13.9 Å². The van der Waals surface area contributed by atoms with E-state index in [0.29, 0.717) is 50.0 Å². The average Bonchev–Trinajstić information content (AvgIpc) is 3.36. The molecule has 0 saturated carbocycles. The number of halogens is 2. The van der Waals surface area contributed by atoms with Gasteiger partial charge in [-0.25, -0.2) is 19.0 Å². The molecule has 1 aliphatic heterocycles. The number of ether oxygens (including phenoxy) is 1. The number of nitrogen functional groups attached to an aromatic ring is 1. The van der Waals surface area contributed by atoms with E-state index in [1.165, 1.54) is 18.5 Å². The summed E-state index contributed by atoms with van der Waals surface area (Å²) in [6.45, 7) is 6.06. The van der Waals surface area contributed by atoms with E-state index in [4.69, 9.17) is 27.2 Å². The van der Waals surface area contributed by atoms with Gasteiger partial charge in [-0.3, -0.25) is 0 Å². The second-order valence-corrected chi connectivity index (χ2v) is 10.8. The molecule has 0 aliphatic carbocycles. The fourth-order valence-electron chi connectivity index (χ4n) is 5.46. The van der Waals surface area contributed by atoms with Crippen LogP contribution >= 0.6 is 11.6 Å². The molecule has 5 aromatic rings. The molecular weight excluding hydrogens is 541 g/mol. The molecule has 6 rings (SSSR count). The number of carbonyl (C=O) groups is 1. The van der Waals surface area contributed by atoms with Crippen LogP contribution in [0, 0.1) is 5.82 Å². The Morgan fingerprint density at radius 1 is 1.02 bits per heavy atom. The number of carbonyl (C=O) groups excluding carboxylic acids is 1. The number of allylic oxidation sites excluding steroid dienone is 2. The molecule has 2 atom stereocenters. The Bertz CT molecular complexity index is 1850. The van der Waals surface area contributed by atoms with Crippen molar-refractivity contribution in [1.29, 1.82) is 0 Å². The van der Waals surface area contributed by atoms with Crippen LogP contribution in [-0.2, 0) is 4.79 Å². The predicted octanol–water partition coefficient (Wildman–Crippen LogP) is 7.34. The van der Waals surface area contributed by atoms with Crippen LogP contribution in [0.25, 0.3) is 27.9 Å². The van der Waals surface area contributed by atoms with Gasteiger partial charge in [0.1, 0.15) is 47.5 Å². The largest absolute Gasteiger partial charge is 0.459 e. The van der Waals surface area contributed by atoms with Crippen molar-refractivity contribution in [3.63, 3.8) is 0 Å². The monoisotopic (exact) mass is 567 g/mol. The molecule has 3 heterocycles. The summed E-state index contributed by atoms with van der Waals surface area (Å²) in [4.78, 5) is 21.4. The Labute approximate surface area is 241 Å². The number of nitrogens with two attached hydrogens (primary N) is 1. The molecule has 0 bridgehead atoms. The zero-order valence-electron chi connectivity index (χ0n) is 22.7. The molecule has 2 aromatic heterocycles. The Kier molecular flexibility index (Phi) is 6.79. The highest BCUT2D eigenvalue weighted by molar-refractivity contribution is 6.31. The lowest BCUT2D eigenvalue weighted by Gasteiger charge is -2.31. The predicted molar refractivity (Wildman–Crippen MR) is 158 cm³/mol. The minimum Gasteiger partial charge on any atom is -0.459 e. The second-order valence-electron chi connectivity index (χ2n) is 10.4. The molecule has 0 spiro atoms. The molecular formula is C32H27ClFN5O2. The van der Waals surface area contributed by atoms with Crippen LogP contribution in [0.5, 0.6) is 5.75 Å². The van der Waals surface area contributed by atoms with Gasteiger partial charge in [0.05, 0.1) is 11.3 Å². The quantitative estimate of drug-likeness (QED) is 0.216. The number of rotatable bonds is 6. The van der Waals surface area contributed by atoms with Crippen molar-refractivity contribution in [2.24, 2.45) is 0 Å². The van der Waals surface area contributed by atoms with E-state index >= 15 is 0 Å². The van der Waals surface area contributed by atoms with Crippen molar-refractivity contribution in [3.05, 3.63) is 106 Å². The number of fused-ring (bicyclic) bond motifs is 2. The first-order valence-corrected chi connectivity index (χ1v) is 13.7. The van der Waals surface area contributed by atoms with Crippen LogP contribution in [0.3, 0.4) is 0 Å². The molecule has 9 heteroatoms. The summed E-state index contributed by atoms with van der Waals surface area (Å²) < 4.78 is 22.6. The minimum atomic E-state index is -0.678. The zero-order chi connectivity index (χ0) is 28.8. The lowest BCUT2D eigenvalue weighted by molar-refractivity contribution is -0.108. The van der Waals surface area contributed by atoms with Gasteiger partial charge in [0.2, 0.25) is 0 Å². The first-order valence-electron chi connectivity index (χ1n) is 13.3. The van der Waals surface area contributed by atoms with Gasteiger partial charge in [-0.1, -0.05) is 67.9 Å². The molecule has 41 heavy (non-hydrogen) atoms. The third-order valence-electron chi connectivity index (χ3n) is 7.48. The third kappa shape index (κ3) is 4.54. The molecule has 7 nitrogen and oxygen atoms in total. The fraction of sp³-hybridized carbons (Fsp3) is 0.188. The summed E-state index contributed by atoms with van der Waals surface area (Å²) in [5.74, 6) is 0.431. The highest BCUT2D eigenvalue weighted by atomic mass is 35.5. The van der Waals surface area contributed by atoms with E-state index in [2.05, 4.69) is 23.8 Å². The summed E-state index contributed by atoms with van der Waals surface area (Å²) >= 11 is 6.65. The summed E-state index contributed by atoms with van der Waals surface area (Å²) in [5, 5.41) is 6.16. The first kappa shape index (κ1) is 26.7. The van der Waals surface area contributed by atoms with Crippen LogP contribution in [0.2, 0.25) is 5.02 Å². The highest BCUT2D eigenvalue weighted by Gasteiger charge is 2.35. The average molecular weight is 568 g/mol. The van der Waals surface area contributed by atoms with Crippen molar-refractivity contribution in [3.8, 4) is 17.0 Å². The maximum absolute atomic E-state index is 14.4.